The Bertz CT molecular complexity index is 288. The molecule has 1 aliphatic rings. The number of hydrogen-bond donors (Lipinski definition) is 4. The van der Waals surface area contributed by atoms with Crippen LogP contribution in [-0.2, 0) is 4.79 Å². The van der Waals surface area contributed by atoms with Gasteiger partial charge in [0.2, 0.25) is 0 Å². The van der Waals surface area contributed by atoms with E-state index in [0.29, 0.717) is 6.54 Å². The molecule has 1 heterocycles. The molecule has 1 fully saturated rings. The fraction of sp³-hybridized carbons (Fsp3) is 0.833. The van der Waals surface area contributed by atoms with E-state index in [1.807, 2.05) is 13.8 Å². The van der Waals surface area contributed by atoms with E-state index in [4.69, 9.17) is 0 Å². The molecule has 6 heteroatoms. The fourth-order valence-corrected chi connectivity index (χ4v) is 1.97. The summed E-state index contributed by atoms with van der Waals surface area (Å²) in [5.74, 6) is -0.189. The second kappa shape index (κ2) is 7.33. The van der Waals surface area contributed by atoms with Crippen molar-refractivity contribution in [2.75, 3.05) is 39.8 Å². The Hall–Kier alpha value is -1.14. The zero-order chi connectivity index (χ0) is 13.5. The van der Waals surface area contributed by atoms with E-state index in [1.165, 1.54) is 9.80 Å². The quantitative estimate of drug-likeness (QED) is 0.435. The minimum Gasteiger partial charge on any atom is -0.335 e. The molecule has 0 aromatic carbocycles. The average Bonchev–Trinajstić information content (AvgIpc) is 2.31. The van der Waals surface area contributed by atoms with Crippen molar-refractivity contribution in [3.63, 3.8) is 0 Å². The van der Waals surface area contributed by atoms with Crippen LogP contribution in [-0.4, -0.2) is 57.8 Å². The van der Waals surface area contributed by atoms with Gasteiger partial charge < -0.3 is 15.1 Å². The summed E-state index contributed by atoms with van der Waals surface area (Å²) in [4.78, 5) is 25.9. The smallest absolute Gasteiger partial charge is 0.321 e. The number of quaternary nitrogens is 2. The summed E-state index contributed by atoms with van der Waals surface area (Å²) in [7, 11) is 2.16. The predicted molar refractivity (Wildman–Crippen MR) is 68.6 cm³/mol. The van der Waals surface area contributed by atoms with E-state index in [0.717, 1.165) is 32.6 Å². The number of piperazine rings is 1. The van der Waals surface area contributed by atoms with Gasteiger partial charge in [-0.2, -0.15) is 0 Å². The third-order valence-corrected chi connectivity index (χ3v) is 3.46. The molecule has 0 aliphatic carbocycles. The molecule has 0 saturated carbocycles. The maximum atomic E-state index is 11.7. The summed E-state index contributed by atoms with van der Waals surface area (Å²) in [5, 5.41) is 5.11. The molecule has 1 aliphatic heterocycles. The van der Waals surface area contributed by atoms with Crippen molar-refractivity contribution in [2.45, 2.75) is 26.3 Å². The summed E-state index contributed by atoms with van der Waals surface area (Å²) in [6, 6.07) is -0.286. The molecular formula is C12H26N4O2+2. The monoisotopic (exact) mass is 258 g/mol. The Labute approximate surface area is 109 Å². The largest absolute Gasteiger partial charge is 0.335 e. The molecule has 4 N–H and O–H groups in total. The Morgan fingerprint density at radius 3 is 2.39 bits per heavy atom. The van der Waals surface area contributed by atoms with Gasteiger partial charge in [0.25, 0.3) is 5.91 Å². The Kier molecular flexibility index (Phi) is 6.07. The Balaban J connectivity index is 2.22. The lowest BCUT2D eigenvalue weighted by atomic mass is 10.3. The van der Waals surface area contributed by atoms with Gasteiger partial charge in [0.1, 0.15) is 26.2 Å². The molecule has 104 valence electrons. The lowest BCUT2D eigenvalue weighted by Crippen LogP contribution is -3.27. The normalized spacial score (nSPS) is 25.3. The topological polar surface area (TPSA) is 67.1 Å². The van der Waals surface area contributed by atoms with E-state index in [2.05, 4.69) is 17.7 Å². The first kappa shape index (κ1) is 14.9. The van der Waals surface area contributed by atoms with Crippen LogP contribution in [0.25, 0.3) is 0 Å². The van der Waals surface area contributed by atoms with Crippen LogP contribution >= 0.6 is 0 Å². The molecule has 1 atom stereocenters. The molecule has 3 amide bonds. The van der Waals surface area contributed by atoms with Crippen LogP contribution in [0.15, 0.2) is 0 Å². The maximum Gasteiger partial charge on any atom is 0.321 e. The second-order valence-corrected chi connectivity index (χ2v) is 5.21. The molecule has 6 nitrogen and oxygen atoms in total. The van der Waals surface area contributed by atoms with Gasteiger partial charge in [-0.25, -0.2) is 4.79 Å². The minimum absolute atomic E-state index is 0.0948. The molecule has 0 aromatic rings. The summed E-state index contributed by atoms with van der Waals surface area (Å²) in [5.41, 5.74) is 0. The van der Waals surface area contributed by atoms with Crippen LogP contribution in [0.5, 0.6) is 0 Å². The van der Waals surface area contributed by atoms with Gasteiger partial charge >= 0.3 is 6.03 Å². The van der Waals surface area contributed by atoms with Crippen LogP contribution < -0.4 is 20.4 Å². The van der Waals surface area contributed by atoms with Crippen LogP contribution in [0.4, 0.5) is 4.79 Å². The van der Waals surface area contributed by atoms with Crippen LogP contribution in [0.3, 0.4) is 0 Å². The van der Waals surface area contributed by atoms with Gasteiger partial charge in [0.05, 0.1) is 7.05 Å². The highest BCUT2D eigenvalue weighted by atomic mass is 16.2. The highest BCUT2D eigenvalue weighted by Crippen LogP contribution is 1.86. The number of carbonyl (C=O) groups is 2. The number of nitrogens with one attached hydrogen (secondary N) is 4. The third kappa shape index (κ3) is 5.46. The van der Waals surface area contributed by atoms with Crippen LogP contribution in [0.1, 0.15) is 20.3 Å². The van der Waals surface area contributed by atoms with Crippen molar-refractivity contribution in [2.24, 2.45) is 0 Å². The molecule has 18 heavy (non-hydrogen) atoms. The standard InChI is InChI=1S/C12H24N4O2/c1-4-10(2)13-12(18)14-11(17)9-16-7-5-15(3)6-8-16/h10H,4-9H2,1-3H3,(H2,13,14,17,18)/p+2/t10-/m1/s1. The van der Waals surface area contributed by atoms with Gasteiger partial charge in [0, 0.05) is 6.04 Å². The van der Waals surface area contributed by atoms with E-state index < -0.39 is 0 Å². The lowest BCUT2D eigenvalue weighted by Gasteiger charge is -2.26. The lowest BCUT2D eigenvalue weighted by molar-refractivity contribution is -1.000. The van der Waals surface area contributed by atoms with E-state index in [-0.39, 0.29) is 18.0 Å². The van der Waals surface area contributed by atoms with Crippen molar-refractivity contribution in [3.05, 3.63) is 0 Å². The molecular weight excluding hydrogens is 232 g/mol. The first-order valence-electron chi connectivity index (χ1n) is 6.76. The van der Waals surface area contributed by atoms with E-state index in [1.54, 1.807) is 0 Å². The third-order valence-electron chi connectivity index (χ3n) is 3.46. The zero-order valence-corrected chi connectivity index (χ0v) is 11.6. The van der Waals surface area contributed by atoms with Gasteiger partial charge in [0.15, 0.2) is 6.54 Å². The van der Waals surface area contributed by atoms with Crippen molar-refractivity contribution in [1.29, 1.82) is 0 Å². The van der Waals surface area contributed by atoms with Crippen molar-refractivity contribution < 1.29 is 19.4 Å². The molecule has 0 radical (unpaired) electrons. The SMILES string of the molecule is CC[C@@H](C)NC(=O)NC(=O)C[NH+]1CC[NH+](C)CC1. The van der Waals surface area contributed by atoms with Gasteiger partial charge in [-0.3, -0.25) is 10.1 Å². The summed E-state index contributed by atoms with van der Waals surface area (Å²) < 4.78 is 0. The molecule has 0 aromatic heterocycles. The first-order chi connectivity index (χ1) is 8.51. The Morgan fingerprint density at radius 1 is 1.22 bits per heavy atom. The van der Waals surface area contributed by atoms with Gasteiger partial charge in [-0.1, -0.05) is 6.92 Å². The zero-order valence-electron chi connectivity index (χ0n) is 11.6. The van der Waals surface area contributed by atoms with Crippen molar-refractivity contribution >= 4 is 11.9 Å². The number of amides is 3. The molecule has 0 bridgehead atoms. The summed E-state index contributed by atoms with van der Waals surface area (Å²) >= 11 is 0. The van der Waals surface area contributed by atoms with Crippen LogP contribution in [0, 0.1) is 0 Å². The number of imide groups is 1. The average molecular weight is 258 g/mol. The number of carbonyl (C=O) groups excluding carboxylic acids is 2. The van der Waals surface area contributed by atoms with E-state index in [9.17, 15) is 9.59 Å². The van der Waals surface area contributed by atoms with Crippen LogP contribution in [0.2, 0.25) is 0 Å². The summed E-state index contributed by atoms with van der Waals surface area (Å²) in [6.45, 7) is 8.45. The second-order valence-electron chi connectivity index (χ2n) is 5.21. The highest BCUT2D eigenvalue weighted by molar-refractivity contribution is 5.94. The number of likely N-dealkylation sites (N-methyl/N-ethyl adjacent to an activating group) is 1. The van der Waals surface area contributed by atoms with Crippen molar-refractivity contribution in [1.82, 2.24) is 10.6 Å². The maximum absolute atomic E-state index is 11.7. The fourth-order valence-electron chi connectivity index (χ4n) is 1.97. The molecule has 0 unspecified atom stereocenters. The molecule has 0 spiro atoms. The first-order valence-corrected chi connectivity index (χ1v) is 6.76. The summed E-state index contributed by atoms with van der Waals surface area (Å²) in [6.07, 6.45) is 0.855. The molecule has 1 rings (SSSR count). The Morgan fingerprint density at radius 2 is 1.83 bits per heavy atom. The number of urea groups is 1. The van der Waals surface area contributed by atoms with Gasteiger partial charge in [-0.15, -0.1) is 0 Å². The number of rotatable bonds is 4. The highest BCUT2D eigenvalue weighted by Gasteiger charge is 2.23. The van der Waals surface area contributed by atoms with Gasteiger partial charge in [-0.05, 0) is 13.3 Å². The van der Waals surface area contributed by atoms with E-state index >= 15 is 0 Å². The molecule has 1 saturated heterocycles. The minimum atomic E-state index is -0.381. The van der Waals surface area contributed by atoms with Crippen molar-refractivity contribution in [3.8, 4) is 0 Å². The number of hydrogen-bond acceptors (Lipinski definition) is 2. The predicted octanol–water partition coefficient (Wildman–Crippen LogP) is -2.98.